The Morgan fingerprint density at radius 1 is 1.04 bits per heavy atom. The number of halogens is 1. The third kappa shape index (κ3) is 2.22. The molecule has 4 aromatic rings. The summed E-state index contributed by atoms with van der Waals surface area (Å²) in [5.41, 5.74) is 7.68. The molecule has 5 heteroatoms. The number of hydrogen-bond acceptors (Lipinski definition) is 3. The van der Waals surface area contributed by atoms with Gasteiger partial charge in [-0.2, -0.15) is 0 Å². The van der Waals surface area contributed by atoms with Gasteiger partial charge >= 0.3 is 0 Å². The highest BCUT2D eigenvalue weighted by Gasteiger charge is 2.28. The average molecular weight is 348 g/mol. The van der Waals surface area contributed by atoms with Crippen LogP contribution in [0.15, 0.2) is 52.9 Å². The van der Waals surface area contributed by atoms with Gasteiger partial charge in [-0.1, -0.05) is 35.9 Å². The maximum Gasteiger partial charge on any atom is 0.250 e. The van der Waals surface area contributed by atoms with Crippen LogP contribution in [0.3, 0.4) is 0 Å². The van der Waals surface area contributed by atoms with Crippen molar-refractivity contribution >= 4 is 11.6 Å². The van der Waals surface area contributed by atoms with E-state index in [4.69, 9.17) is 16.0 Å². The fourth-order valence-electron chi connectivity index (χ4n) is 3.54. The van der Waals surface area contributed by atoms with E-state index < -0.39 is 0 Å². The van der Waals surface area contributed by atoms with E-state index in [1.807, 2.05) is 49.4 Å². The summed E-state index contributed by atoms with van der Waals surface area (Å²) >= 11 is 6.14. The molecule has 25 heavy (non-hydrogen) atoms. The number of nitrogens with zero attached hydrogens (tertiary/aromatic N) is 2. The van der Waals surface area contributed by atoms with Gasteiger partial charge in [-0.05, 0) is 42.3 Å². The minimum Gasteiger partial charge on any atom is -0.416 e. The quantitative estimate of drug-likeness (QED) is 0.473. The molecule has 0 atom stereocenters. The van der Waals surface area contributed by atoms with Crippen LogP contribution in [0.2, 0.25) is 5.02 Å². The standard InChI is InChI=1S/C20H14ClN3O/c1-11-17(20-24-23-19(25-20)12-5-3-2-4-6-12)16-10-13-9-14(21)7-8-15(13)18(16)22-11/h2-9,22H,10H2,1H3. The largest absolute Gasteiger partial charge is 0.416 e. The summed E-state index contributed by atoms with van der Waals surface area (Å²) in [5.74, 6) is 1.08. The maximum absolute atomic E-state index is 6.14. The van der Waals surface area contributed by atoms with Crippen LogP contribution in [0, 0.1) is 6.92 Å². The van der Waals surface area contributed by atoms with Gasteiger partial charge in [-0.25, -0.2) is 0 Å². The summed E-state index contributed by atoms with van der Waals surface area (Å²) < 4.78 is 5.97. The van der Waals surface area contributed by atoms with Gasteiger partial charge in [0.1, 0.15) is 0 Å². The number of H-pyrrole nitrogens is 1. The summed E-state index contributed by atoms with van der Waals surface area (Å²) in [7, 11) is 0. The predicted octanol–water partition coefficient (Wildman–Crippen LogP) is 5.26. The zero-order valence-corrected chi connectivity index (χ0v) is 14.3. The molecule has 4 nitrogen and oxygen atoms in total. The van der Waals surface area contributed by atoms with Crippen LogP contribution in [0.5, 0.6) is 0 Å². The number of nitrogens with one attached hydrogen (secondary N) is 1. The van der Waals surface area contributed by atoms with Gasteiger partial charge in [0.15, 0.2) is 0 Å². The van der Waals surface area contributed by atoms with Crippen LogP contribution in [0.4, 0.5) is 0 Å². The number of benzene rings is 2. The molecule has 0 saturated carbocycles. The molecule has 1 N–H and O–H groups in total. The molecule has 0 radical (unpaired) electrons. The van der Waals surface area contributed by atoms with Crippen molar-refractivity contribution in [1.82, 2.24) is 15.2 Å². The number of hydrogen-bond donors (Lipinski definition) is 1. The average Bonchev–Trinajstić information content (AvgIpc) is 3.29. The lowest BCUT2D eigenvalue weighted by molar-refractivity contribution is 0.583. The highest BCUT2D eigenvalue weighted by Crippen LogP contribution is 2.43. The molecule has 0 aliphatic heterocycles. The van der Waals surface area contributed by atoms with Gasteiger partial charge in [0.2, 0.25) is 11.8 Å². The minimum atomic E-state index is 0.531. The molecule has 0 spiro atoms. The van der Waals surface area contributed by atoms with Crippen molar-refractivity contribution in [2.24, 2.45) is 0 Å². The van der Waals surface area contributed by atoms with Crippen molar-refractivity contribution in [2.75, 3.05) is 0 Å². The van der Waals surface area contributed by atoms with Crippen molar-refractivity contribution in [2.45, 2.75) is 13.3 Å². The first kappa shape index (κ1) is 14.5. The van der Waals surface area contributed by atoms with Crippen LogP contribution in [-0.4, -0.2) is 15.2 Å². The molecule has 1 aliphatic carbocycles. The fourth-order valence-corrected chi connectivity index (χ4v) is 3.73. The summed E-state index contributed by atoms with van der Waals surface area (Å²) in [6, 6.07) is 15.8. The number of aromatic amines is 1. The zero-order valence-electron chi connectivity index (χ0n) is 13.5. The van der Waals surface area contributed by atoms with E-state index in [9.17, 15) is 0 Å². The molecule has 2 aromatic heterocycles. The fraction of sp³-hybridized carbons (Fsp3) is 0.100. The third-order valence-corrected chi connectivity index (χ3v) is 4.89. The molecular weight excluding hydrogens is 334 g/mol. The smallest absolute Gasteiger partial charge is 0.250 e. The highest BCUT2D eigenvalue weighted by atomic mass is 35.5. The Morgan fingerprint density at radius 2 is 1.84 bits per heavy atom. The van der Waals surface area contributed by atoms with E-state index in [0.29, 0.717) is 11.8 Å². The molecule has 0 saturated heterocycles. The number of aromatic nitrogens is 3. The van der Waals surface area contributed by atoms with E-state index in [2.05, 4.69) is 21.2 Å². The number of fused-ring (bicyclic) bond motifs is 3. The van der Waals surface area contributed by atoms with Gasteiger partial charge in [0.25, 0.3) is 0 Å². The van der Waals surface area contributed by atoms with Crippen LogP contribution in [0.1, 0.15) is 16.8 Å². The number of rotatable bonds is 2. The Bertz CT molecular complexity index is 1100. The van der Waals surface area contributed by atoms with Gasteiger partial charge in [0, 0.05) is 28.3 Å². The lowest BCUT2D eigenvalue weighted by Crippen LogP contribution is -1.87. The van der Waals surface area contributed by atoms with Gasteiger partial charge in [0.05, 0.1) is 11.3 Å². The normalized spacial score (nSPS) is 12.2. The van der Waals surface area contributed by atoms with E-state index in [1.165, 1.54) is 16.7 Å². The Morgan fingerprint density at radius 3 is 2.68 bits per heavy atom. The molecule has 2 heterocycles. The Kier molecular flexibility index (Phi) is 3.09. The van der Waals surface area contributed by atoms with E-state index in [-0.39, 0.29) is 0 Å². The molecule has 122 valence electrons. The molecule has 0 amide bonds. The van der Waals surface area contributed by atoms with Crippen LogP contribution >= 0.6 is 11.6 Å². The van der Waals surface area contributed by atoms with Gasteiger partial charge < -0.3 is 9.40 Å². The summed E-state index contributed by atoms with van der Waals surface area (Å²) in [6.45, 7) is 2.04. The van der Waals surface area contributed by atoms with Crippen molar-refractivity contribution in [1.29, 1.82) is 0 Å². The van der Waals surface area contributed by atoms with Crippen molar-refractivity contribution in [3.8, 4) is 34.2 Å². The van der Waals surface area contributed by atoms with Crippen LogP contribution in [0.25, 0.3) is 34.2 Å². The van der Waals surface area contributed by atoms with E-state index in [1.54, 1.807) is 0 Å². The molecule has 0 unspecified atom stereocenters. The first-order valence-electron chi connectivity index (χ1n) is 8.10. The third-order valence-electron chi connectivity index (χ3n) is 4.65. The second-order valence-electron chi connectivity index (χ2n) is 6.24. The monoisotopic (exact) mass is 347 g/mol. The second kappa shape index (κ2) is 5.33. The first-order chi connectivity index (χ1) is 12.2. The minimum absolute atomic E-state index is 0.531. The summed E-state index contributed by atoms with van der Waals surface area (Å²) in [4.78, 5) is 3.48. The highest BCUT2D eigenvalue weighted by molar-refractivity contribution is 6.30. The second-order valence-corrected chi connectivity index (χ2v) is 6.67. The Labute approximate surface area is 149 Å². The van der Waals surface area contributed by atoms with Crippen molar-refractivity contribution in [3.63, 3.8) is 0 Å². The Hall–Kier alpha value is -2.85. The topological polar surface area (TPSA) is 54.7 Å². The summed E-state index contributed by atoms with van der Waals surface area (Å²) in [5, 5.41) is 9.27. The molecule has 0 bridgehead atoms. The van der Waals surface area contributed by atoms with Crippen LogP contribution in [-0.2, 0) is 6.42 Å². The SMILES string of the molecule is Cc1[nH]c2c(c1-c1nnc(-c3ccccc3)o1)Cc1cc(Cl)ccc1-2. The molecule has 0 fully saturated rings. The zero-order chi connectivity index (χ0) is 17.0. The van der Waals surface area contributed by atoms with E-state index in [0.717, 1.165) is 34.0 Å². The molecular formula is C20H14ClN3O. The lowest BCUT2D eigenvalue weighted by atomic mass is 10.1. The van der Waals surface area contributed by atoms with Gasteiger partial charge in [-0.3, -0.25) is 0 Å². The van der Waals surface area contributed by atoms with Crippen molar-refractivity contribution in [3.05, 3.63) is 70.4 Å². The molecule has 5 rings (SSSR count). The van der Waals surface area contributed by atoms with Gasteiger partial charge in [-0.15, -0.1) is 10.2 Å². The van der Waals surface area contributed by atoms with E-state index >= 15 is 0 Å². The molecule has 1 aliphatic rings. The predicted molar refractivity (Wildman–Crippen MR) is 97.5 cm³/mol. The maximum atomic E-state index is 6.14. The Balaban J connectivity index is 1.61. The number of aryl methyl sites for hydroxylation is 1. The summed E-state index contributed by atoms with van der Waals surface area (Å²) in [6.07, 6.45) is 0.813. The van der Waals surface area contributed by atoms with Crippen molar-refractivity contribution < 1.29 is 4.42 Å². The first-order valence-corrected chi connectivity index (χ1v) is 8.48. The molecule has 2 aromatic carbocycles. The lowest BCUT2D eigenvalue weighted by Gasteiger charge is -2.01. The van der Waals surface area contributed by atoms with Crippen LogP contribution < -0.4 is 0 Å².